The average molecular weight is 244 g/mol. The molecule has 0 aliphatic heterocycles. The molecule has 1 unspecified atom stereocenters. The largest absolute Gasteiger partial charge is 0.294 e. The van der Waals surface area contributed by atoms with E-state index in [1.165, 1.54) is 6.07 Å². The molecule has 2 aromatic carbocycles. The van der Waals surface area contributed by atoms with E-state index >= 15 is 0 Å². The highest BCUT2D eigenvalue weighted by atomic mass is 19.2. The van der Waals surface area contributed by atoms with Gasteiger partial charge in [-0.2, -0.15) is 0 Å². The molecule has 0 aromatic heterocycles. The number of rotatable bonds is 1. The van der Waals surface area contributed by atoms with Gasteiger partial charge in [-0.15, -0.1) is 0 Å². The second kappa shape index (κ2) is 4.02. The monoisotopic (exact) mass is 244 g/mol. The summed E-state index contributed by atoms with van der Waals surface area (Å²) in [6.07, 6.45) is 0.324. The van der Waals surface area contributed by atoms with Gasteiger partial charge >= 0.3 is 0 Å². The predicted octanol–water partition coefficient (Wildman–Crippen LogP) is 3.68. The molecule has 0 N–H and O–H groups in total. The fourth-order valence-electron chi connectivity index (χ4n) is 2.49. The van der Waals surface area contributed by atoms with E-state index in [9.17, 15) is 13.6 Å². The lowest BCUT2D eigenvalue weighted by molar-refractivity contribution is 0.0991. The Morgan fingerprint density at radius 3 is 2.56 bits per heavy atom. The van der Waals surface area contributed by atoms with Crippen molar-refractivity contribution < 1.29 is 13.6 Å². The highest BCUT2D eigenvalue weighted by molar-refractivity contribution is 6.01. The number of ketones is 1. The molecule has 0 fully saturated rings. The van der Waals surface area contributed by atoms with Crippen LogP contribution in [0.2, 0.25) is 0 Å². The molecule has 2 aromatic rings. The van der Waals surface area contributed by atoms with Crippen LogP contribution in [0, 0.1) is 11.6 Å². The van der Waals surface area contributed by atoms with Crippen LogP contribution in [0.1, 0.15) is 33.8 Å². The fourth-order valence-corrected chi connectivity index (χ4v) is 2.49. The van der Waals surface area contributed by atoms with Gasteiger partial charge in [-0.25, -0.2) is 8.78 Å². The summed E-state index contributed by atoms with van der Waals surface area (Å²) in [5, 5.41) is 0. The smallest absolute Gasteiger partial charge is 0.164 e. The molecule has 18 heavy (non-hydrogen) atoms. The van der Waals surface area contributed by atoms with Gasteiger partial charge in [-0.1, -0.05) is 30.3 Å². The third-order valence-electron chi connectivity index (χ3n) is 3.37. The molecule has 1 nitrogen and oxygen atoms in total. The summed E-state index contributed by atoms with van der Waals surface area (Å²) in [6, 6.07) is 11.1. The number of fused-ring (bicyclic) bond motifs is 1. The zero-order valence-electron chi connectivity index (χ0n) is 9.49. The Morgan fingerprint density at radius 2 is 1.78 bits per heavy atom. The average Bonchev–Trinajstić information content (AvgIpc) is 2.71. The van der Waals surface area contributed by atoms with Crippen molar-refractivity contribution in [1.29, 1.82) is 0 Å². The first-order valence-corrected chi connectivity index (χ1v) is 5.74. The summed E-state index contributed by atoms with van der Waals surface area (Å²) in [4.78, 5) is 11.8. The summed E-state index contributed by atoms with van der Waals surface area (Å²) in [7, 11) is 0. The topological polar surface area (TPSA) is 17.1 Å². The predicted molar refractivity (Wildman–Crippen MR) is 63.6 cm³/mol. The highest BCUT2D eigenvalue weighted by Gasteiger charge is 2.30. The van der Waals surface area contributed by atoms with Gasteiger partial charge in [0.15, 0.2) is 17.4 Å². The third kappa shape index (κ3) is 1.63. The van der Waals surface area contributed by atoms with E-state index in [4.69, 9.17) is 0 Å². The molecule has 0 heterocycles. The van der Waals surface area contributed by atoms with E-state index in [2.05, 4.69) is 0 Å². The Bertz CT molecular complexity index is 634. The van der Waals surface area contributed by atoms with Gasteiger partial charge in [-0.3, -0.25) is 4.79 Å². The number of carbonyl (C=O) groups is 1. The van der Waals surface area contributed by atoms with Crippen molar-refractivity contribution in [2.75, 3.05) is 0 Å². The second-order valence-corrected chi connectivity index (χ2v) is 4.44. The molecule has 3 heteroatoms. The van der Waals surface area contributed by atoms with Crippen molar-refractivity contribution in [3.05, 3.63) is 70.8 Å². The van der Waals surface area contributed by atoms with Crippen molar-refractivity contribution in [3.63, 3.8) is 0 Å². The molecule has 3 rings (SSSR count). The Hall–Kier alpha value is -2.03. The Balaban J connectivity index is 2.09. The van der Waals surface area contributed by atoms with E-state index in [1.54, 1.807) is 12.1 Å². The fraction of sp³-hybridized carbons (Fsp3) is 0.133. The maximum atomic E-state index is 13.2. The minimum absolute atomic E-state index is 0.0559. The summed E-state index contributed by atoms with van der Waals surface area (Å²) in [5.41, 5.74) is 2.23. The second-order valence-electron chi connectivity index (χ2n) is 4.44. The summed E-state index contributed by atoms with van der Waals surface area (Å²) < 4.78 is 26.2. The van der Waals surface area contributed by atoms with Gasteiger partial charge in [0.2, 0.25) is 0 Å². The zero-order valence-corrected chi connectivity index (χ0v) is 9.49. The first kappa shape index (κ1) is 11.1. The molecule has 90 valence electrons. The normalized spacial score (nSPS) is 17.9. The molecule has 0 spiro atoms. The first-order valence-electron chi connectivity index (χ1n) is 5.74. The number of benzene rings is 2. The molecule has 0 amide bonds. The van der Waals surface area contributed by atoms with Crippen molar-refractivity contribution in [1.82, 2.24) is 0 Å². The minimum atomic E-state index is -0.871. The van der Waals surface area contributed by atoms with Gasteiger partial charge in [0.25, 0.3) is 0 Å². The molecule has 1 aliphatic carbocycles. The molecule has 0 saturated heterocycles. The SMILES string of the molecule is O=C1CC(c2ccc(F)c(F)c2)c2ccccc21. The van der Waals surface area contributed by atoms with Gasteiger partial charge in [-0.05, 0) is 23.3 Å². The lowest BCUT2D eigenvalue weighted by Gasteiger charge is -2.11. The van der Waals surface area contributed by atoms with E-state index in [1.807, 2.05) is 18.2 Å². The number of hydrogen-bond acceptors (Lipinski definition) is 1. The maximum Gasteiger partial charge on any atom is 0.164 e. The summed E-state index contributed by atoms with van der Waals surface area (Å²) in [6.45, 7) is 0. The van der Waals surface area contributed by atoms with E-state index < -0.39 is 11.6 Å². The summed E-state index contributed by atoms with van der Waals surface area (Å²) in [5.74, 6) is -1.84. The Morgan fingerprint density at radius 1 is 1.00 bits per heavy atom. The van der Waals surface area contributed by atoms with Crippen LogP contribution in [0.5, 0.6) is 0 Å². The standard InChI is InChI=1S/C15H10F2O/c16-13-6-5-9(7-14(13)17)12-8-15(18)11-4-2-1-3-10(11)12/h1-7,12H,8H2. The number of Topliss-reactive ketones (excluding diaryl/α,β-unsaturated/α-hetero) is 1. The first-order chi connectivity index (χ1) is 8.66. The van der Waals surface area contributed by atoms with E-state index in [-0.39, 0.29) is 11.7 Å². The molecule has 0 saturated carbocycles. The van der Waals surface area contributed by atoms with Gasteiger partial charge < -0.3 is 0 Å². The lowest BCUT2D eigenvalue weighted by atomic mass is 9.93. The van der Waals surface area contributed by atoms with Crippen molar-refractivity contribution in [2.45, 2.75) is 12.3 Å². The molecule has 0 bridgehead atoms. The minimum Gasteiger partial charge on any atom is -0.294 e. The highest BCUT2D eigenvalue weighted by Crippen LogP contribution is 2.38. The summed E-state index contributed by atoms with van der Waals surface area (Å²) >= 11 is 0. The Labute approximate surface area is 103 Å². The van der Waals surface area contributed by atoms with Crippen LogP contribution in [0.4, 0.5) is 8.78 Å². The lowest BCUT2D eigenvalue weighted by Crippen LogP contribution is -1.98. The van der Waals surface area contributed by atoms with Gasteiger partial charge in [0, 0.05) is 17.9 Å². The molecular weight excluding hydrogens is 234 g/mol. The van der Waals surface area contributed by atoms with Gasteiger partial charge in [0.1, 0.15) is 0 Å². The molecule has 1 atom stereocenters. The van der Waals surface area contributed by atoms with Crippen LogP contribution in [0.3, 0.4) is 0 Å². The Kier molecular flexibility index (Phi) is 2.47. The van der Waals surface area contributed by atoms with Crippen LogP contribution < -0.4 is 0 Å². The van der Waals surface area contributed by atoms with E-state index in [0.29, 0.717) is 17.5 Å². The number of halogens is 2. The van der Waals surface area contributed by atoms with Crippen LogP contribution in [0.25, 0.3) is 0 Å². The van der Waals surface area contributed by atoms with Gasteiger partial charge in [0.05, 0.1) is 0 Å². The van der Waals surface area contributed by atoms with Crippen molar-refractivity contribution >= 4 is 5.78 Å². The number of hydrogen-bond donors (Lipinski definition) is 0. The maximum absolute atomic E-state index is 13.2. The molecular formula is C15H10F2O. The van der Waals surface area contributed by atoms with E-state index in [0.717, 1.165) is 11.6 Å². The molecule has 1 aliphatic rings. The van der Waals surface area contributed by atoms with Crippen LogP contribution >= 0.6 is 0 Å². The number of carbonyl (C=O) groups excluding carboxylic acids is 1. The third-order valence-corrected chi connectivity index (χ3v) is 3.37. The van der Waals surface area contributed by atoms with Crippen LogP contribution in [-0.2, 0) is 0 Å². The van der Waals surface area contributed by atoms with Crippen LogP contribution in [-0.4, -0.2) is 5.78 Å². The van der Waals surface area contributed by atoms with Crippen molar-refractivity contribution in [3.8, 4) is 0 Å². The quantitative estimate of drug-likeness (QED) is 0.747. The molecule has 0 radical (unpaired) electrons. The zero-order chi connectivity index (χ0) is 12.7. The van der Waals surface area contributed by atoms with Crippen molar-refractivity contribution in [2.24, 2.45) is 0 Å². The van der Waals surface area contributed by atoms with Crippen LogP contribution in [0.15, 0.2) is 42.5 Å².